The van der Waals surface area contributed by atoms with E-state index >= 15 is 0 Å². The lowest BCUT2D eigenvalue weighted by atomic mass is 10.1. The van der Waals surface area contributed by atoms with Crippen molar-refractivity contribution in [1.82, 2.24) is 0 Å². The molecular formula is C18H16BrF2NO3. The Morgan fingerprint density at radius 3 is 2.28 bits per heavy atom. The fourth-order valence-corrected chi connectivity index (χ4v) is 2.42. The molecule has 0 atom stereocenters. The van der Waals surface area contributed by atoms with Crippen molar-refractivity contribution < 1.29 is 23.1 Å². The Morgan fingerprint density at radius 1 is 1.12 bits per heavy atom. The SMILES string of the molecule is COc1ccc(CCCC(=O)C(=O)Nc2cc(F)c(Br)c(F)c2)cc1. The number of Topliss-reactive ketones (excluding diaryl/α,β-unsaturated/α-hetero) is 1. The van der Waals surface area contributed by atoms with E-state index in [-0.39, 0.29) is 16.6 Å². The number of aryl methyl sites for hydroxylation is 1. The smallest absolute Gasteiger partial charge is 0.291 e. The summed E-state index contributed by atoms with van der Waals surface area (Å²) in [6, 6.07) is 9.29. The van der Waals surface area contributed by atoms with Crippen molar-refractivity contribution >= 4 is 33.3 Å². The maximum absolute atomic E-state index is 13.4. The van der Waals surface area contributed by atoms with Crippen molar-refractivity contribution in [3.63, 3.8) is 0 Å². The number of anilines is 1. The summed E-state index contributed by atoms with van der Waals surface area (Å²) >= 11 is 2.74. The summed E-state index contributed by atoms with van der Waals surface area (Å²) in [6.45, 7) is 0. The van der Waals surface area contributed by atoms with Gasteiger partial charge in [0.1, 0.15) is 17.4 Å². The summed E-state index contributed by atoms with van der Waals surface area (Å²) in [4.78, 5) is 23.7. The normalized spacial score (nSPS) is 10.4. The van der Waals surface area contributed by atoms with Gasteiger partial charge in [0.25, 0.3) is 5.91 Å². The summed E-state index contributed by atoms with van der Waals surface area (Å²) in [5.74, 6) is -2.51. The molecule has 0 aliphatic carbocycles. The lowest BCUT2D eigenvalue weighted by Crippen LogP contribution is -2.22. The number of rotatable bonds is 7. The van der Waals surface area contributed by atoms with Gasteiger partial charge in [0, 0.05) is 12.1 Å². The molecule has 132 valence electrons. The molecule has 0 aromatic heterocycles. The molecule has 0 saturated carbocycles. The topological polar surface area (TPSA) is 55.4 Å². The molecule has 7 heteroatoms. The van der Waals surface area contributed by atoms with Crippen LogP contribution in [0, 0.1) is 11.6 Å². The quantitative estimate of drug-likeness (QED) is 0.546. The highest BCUT2D eigenvalue weighted by Gasteiger charge is 2.16. The first-order valence-corrected chi connectivity index (χ1v) is 8.31. The van der Waals surface area contributed by atoms with Crippen LogP contribution in [-0.4, -0.2) is 18.8 Å². The molecule has 4 nitrogen and oxygen atoms in total. The minimum absolute atomic E-state index is 0.0410. The molecule has 2 aromatic carbocycles. The molecule has 0 aliphatic rings. The maximum atomic E-state index is 13.4. The molecule has 2 rings (SSSR count). The largest absolute Gasteiger partial charge is 0.497 e. The van der Waals surface area contributed by atoms with Crippen LogP contribution < -0.4 is 10.1 Å². The summed E-state index contributed by atoms with van der Waals surface area (Å²) in [6.07, 6.45) is 1.16. The van der Waals surface area contributed by atoms with E-state index in [0.29, 0.717) is 12.8 Å². The molecule has 0 heterocycles. The van der Waals surface area contributed by atoms with Gasteiger partial charge in [-0.15, -0.1) is 0 Å². The first kappa shape index (κ1) is 19.1. The van der Waals surface area contributed by atoms with Gasteiger partial charge in [-0.25, -0.2) is 8.78 Å². The van der Waals surface area contributed by atoms with Crippen LogP contribution in [0.3, 0.4) is 0 Å². The van der Waals surface area contributed by atoms with Gasteiger partial charge in [0.2, 0.25) is 5.78 Å². The van der Waals surface area contributed by atoms with Crippen LogP contribution in [0.15, 0.2) is 40.9 Å². The van der Waals surface area contributed by atoms with E-state index < -0.39 is 23.3 Å². The Hall–Kier alpha value is -2.28. The van der Waals surface area contributed by atoms with Gasteiger partial charge in [-0.1, -0.05) is 12.1 Å². The summed E-state index contributed by atoms with van der Waals surface area (Å²) < 4.78 is 31.5. The van der Waals surface area contributed by atoms with E-state index in [1.807, 2.05) is 24.3 Å². The Labute approximate surface area is 152 Å². The number of hydrogen-bond acceptors (Lipinski definition) is 3. The molecule has 25 heavy (non-hydrogen) atoms. The van der Waals surface area contributed by atoms with Crippen LogP contribution in [0.2, 0.25) is 0 Å². The van der Waals surface area contributed by atoms with E-state index in [1.54, 1.807) is 7.11 Å². The molecule has 1 N–H and O–H groups in total. The molecule has 0 radical (unpaired) electrons. The van der Waals surface area contributed by atoms with Crippen LogP contribution in [0.25, 0.3) is 0 Å². The zero-order chi connectivity index (χ0) is 18.4. The average molecular weight is 412 g/mol. The van der Waals surface area contributed by atoms with Crippen molar-refractivity contribution in [3.8, 4) is 5.75 Å². The predicted octanol–water partition coefficient (Wildman–Crippen LogP) is 4.27. The number of ether oxygens (including phenoxy) is 1. The Kier molecular flexibility index (Phi) is 6.64. The summed E-state index contributed by atoms with van der Waals surface area (Å²) in [7, 11) is 1.58. The molecule has 0 unspecified atom stereocenters. The second-order valence-electron chi connectivity index (χ2n) is 5.33. The van der Waals surface area contributed by atoms with Gasteiger partial charge in [0.15, 0.2) is 0 Å². The number of carbonyl (C=O) groups excluding carboxylic acids is 2. The van der Waals surface area contributed by atoms with Crippen molar-refractivity contribution in [2.45, 2.75) is 19.3 Å². The second kappa shape index (κ2) is 8.71. The van der Waals surface area contributed by atoms with Gasteiger partial charge < -0.3 is 10.1 Å². The van der Waals surface area contributed by atoms with Crippen LogP contribution in [-0.2, 0) is 16.0 Å². The highest BCUT2D eigenvalue weighted by atomic mass is 79.9. The minimum atomic E-state index is -0.893. The van der Waals surface area contributed by atoms with Crippen LogP contribution >= 0.6 is 15.9 Å². The summed E-state index contributed by atoms with van der Waals surface area (Å²) in [5.41, 5.74) is 0.915. The highest BCUT2D eigenvalue weighted by Crippen LogP contribution is 2.23. The fraction of sp³-hybridized carbons (Fsp3) is 0.222. The average Bonchev–Trinajstić information content (AvgIpc) is 2.60. The zero-order valence-electron chi connectivity index (χ0n) is 13.4. The predicted molar refractivity (Wildman–Crippen MR) is 93.6 cm³/mol. The van der Waals surface area contributed by atoms with Gasteiger partial charge in [-0.05, 0) is 58.6 Å². The first-order chi connectivity index (χ1) is 11.9. The monoisotopic (exact) mass is 411 g/mol. The number of ketones is 1. The molecule has 0 saturated heterocycles. The lowest BCUT2D eigenvalue weighted by molar-refractivity contribution is -0.134. The number of hydrogen-bond donors (Lipinski definition) is 1. The number of carbonyl (C=O) groups is 2. The Balaban J connectivity index is 1.84. The minimum Gasteiger partial charge on any atom is -0.497 e. The van der Waals surface area contributed by atoms with Crippen LogP contribution in [0.4, 0.5) is 14.5 Å². The van der Waals surface area contributed by atoms with Crippen molar-refractivity contribution in [1.29, 1.82) is 0 Å². The second-order valence-corrected chi connectivity index (χ2v) is 6.13. The Morgan fingerprint density at radius 2 is 1.72 bits per heavy atom. The maximum Gasteiger partial charge on any atom is 0.291 e. The third kappa shape index (κ3) is 5.35. The number of methoxy groups -OCH3 is 1. The van der Waals surface area contributed by atoms with Crippen LogP contribution in [0.5, 0.6) is 5.75 Å². The summed E-state index contributed by atoms with van der Waals surface area (Å²) in [5, 5.41) is 2.21. The number of nitrogens with one attached hydrogen (secondary N) is 1. The van der Waals surface area contributed by atoms with Crippen molar-refractivity contribution in [2.75, 3.05) is 12.4 Å². The molecule has 1 amide bonds. The number of benzene rings is 2. The van der Waals surface area contributed by atoms with Crippen molar-refractivity contribution in [3.05, 3.63) is 58.1 Å². The van der Waals surface area contributed by atoms with Crippen molar-refractivity contribution in [2.24, 2.45) is 0 Å². The number of amides is 1. The standard InChI is InChI=1S/C18H16BrF2NO3/c1-25-13-7-5-11(6-8-13)3-2-4-16(23)18(24)22-12-9-14(20)17(19)15(21)10-12/h5-10H,2-4H2,1H3,(H,22,24). The van der Waals surface area contributed by atoms with Gasteiger partial charge in [-0.2, -0.15) is 0 Å². The number of halogens is 3. The van der Waals surface area contributed by atoms with Gasteiger partial charge in [0.05, 0.1) is 11.6 Å². The third-order valence-electron chi connectivity index (χ3n) is 3.52. The van der Waals surface area contributed by atoms with E-state index in [9.17, 15) is 18.4 Å². The van der Waals surface area contributed by atoms with Crippen LogP contribution in [0.1, 0.15) is 18.4 Å². The molecule has 0 spiro atoms. The first-order valence-electron chi connectivity index (χ1n) is 7.52. The fourth-order valence-electron chi connectivity index (χ4n) is 2.19. The van der Waals surface area contributed by atoms with E-state index in [2.05, 4.69) is 21.2 Å². The molecule has 0 bridgehead atoms. The van der Waals surface area contributed by atoms with Gasteiger partial charge in [-0.3, -0.25) is 9.59 Å². The molecule has 2 aromatic rings. The van der Waals surface area contributed by atoms with Gasteiger partial charge >= 0.3 is 0 Å². The molecular weight excluding hydrogens is 396 g/mol. The third-order valence-corrected chi connectivity index (χ3v) is 4.28. The van der Waals surface area contributed by atoms with E-state index in [0.717, 1.165) is 23.4 Å². The lowest BCUT2D eigenvalue weighted by Gasteiger charge is -2.07. The zero-order valence-corrected chi connectivity index (χ0v) is 15.0. The van der Waals surface area contributed by atoms with E-state index in [4.69, 9.17) is 4.74 Å². The molecule has 0 fully saturated rings. The highest BCUT2D eigenvalue weighted by molar-refractivity contribution is 9.10. The van der Waals surface area contributed by atoms with E-state index in [1.165, 1.54) is 0 Å². The molecule has 0 aliphatic heterocycles. The Bertz CT molecular complexity index is 755.